The van der Waals surface area contributed by atoms with Crippen LogP contribution in [0.2, 0.25) is 5.02 Å². The average Bonchev–Trinajstić information content (AvgIpc) is 2.45. The van der Waals surface area contributed by atoms with Crippen molar-refractivity contribution in [2.24, 2.45) is 0 Å². The predicted octanol–water partition coefficient (Wildman–Crippen LogP) is 4.25. The number of hydrogen-bond donors (Lipinski definition) is 1. The molecule has 0 aromatic heterocycles. The van der Waals surface area contributed by atoms with Gasteiger partial charge in [0.15, 0.2) is 6.61 Å². The van der Waals surface area contributed by atoms with Gasteiger partial charge < -0.3 is 10.1 Å². The molecule has 22 heavy (non-hydrogen) atoms. The van der Waals surface area contributed by atoms with Crippen molar-refractivity contribution in [3.8, 4) is 5.75 Å². The van der Waals surface area contributed by atoms with Crippen LogP contribution < -0.4 is 10.1 Å². The molecule has 2 rings (SSSR count). The van der Waals surface area contributed by atoms with E-state index in [1.165, 1.54) is 6.07 Å². The lowest BCUT2D eigenvalue weighted by Gasteiger charge is -2.12. The number of benzene rings is 2. The number of nitrogens with one attached hydrogen (secondary N) is 1. The van der Waals surface area contributed by atoms with Gasteiger partial charge >= 0.3 is 0 Å². The lowest BCUT2D eigenvalue weighted by molar-refractivity contribution is -0.123. The van der Waals surface area contributed by atoms with Crippen molar-refractivity contribution in [2.45, 2.75) is 13.5 Å². The molecule has 0 spiro atoms. The average molecular weight is 387 g/mol. The Morgan fingerprint density at radius 2 is 2.09 bits per heavy atom. The number of hydrogen-bond acceptors (Lipinski definition) is 2. The SMILES string of the molecule is Cc1cc(Br)cc(Cl)c1OCC(=O)NCc1ccccc1F. The molecule has 0 radical (unpaired) electrons. The zero-order chi connectivity index (χ0) is 16.1. The van der Waals surface area contributed by atoms with E-state index in [1.807, 2.05) is 13.0 Å². The van der Waals surface area contributed by atoms with Crippen LogP contribution in [0.1, 0.15) is 11.1 Å². The molecule has 0 bridgehead atoms. The Labute approximate surface area is 141 Å². The minimum Gasteiger partial charge on any atom is -0.482 e. The fourth-order valence-electron chi connectivity index (χ4n) is 1.90. The zero-order valence-electron chi connectivity index (χ0n) is 11.8. The van der Waals surface area contributed by atoms with Gasteiger partial charge in [0, 0.05) is 16.6 Å². The highest BCUT2D eigenvalue weighted by atomic mass is 79.9. The van der Waals surface area contributed by atoms with E-state index in [-0.39, 0.29) is 24.9 Å². The van der Waals surface area contributed by atoms with Crippen LogP contribution >= 0.6 is 27.5 Å². The number of rotatable bonds is 5. The van der Waals surface area contributed by atoms with Gasteiger partial charge in [0.2, 0.25) is 0 Å². The number of halogens is 3. The number of carbonyl (C=O) groups is 1. The van der Waals surface area contributed by atoms with Gasteiger partial charge in [-0.25, -0.2) is 4.39 Å². The molecule has 0 unspecified atom stereocenters. The van der Waals surface area contributed by atoms with Crippen molar-refractivity contribution in [1.29, 1.82) is 0 Å². The van der Waals surface area contributed by atoms with E-state index in [4.69, 9.17) is 16.3 Å². The number of aryl methyl sites for hydroxylation is 1. The van der Waals surface area contributed by atoms with Gasteiger partial charge in [-0.3, -0.25) is 4.79 Å². The van der Waals surface area contributed by atoms with E-state index in [0.29, 0.717) is 16.3 Å². The molecule has 0 saturated heterocycles. The summed E-state index contributed by atoms with van der Waals surface area (Å²) in [7, 11) is 0. The van der Waals surface area contributed by atoms with Crippen LogP contribution in [0.4, 0.5) is 4.39 Å². The molecule has 0 aliphatic heterocycles. The minimum atomic E-state index is -0.351. The molecule has 1 amide bonds. The van der Waals surface area contributed by atoms with Gasteiger partial charge in [0.1, 0.15) is 11.6 Å². The number of carbonyl (C=O) groups excluding carboxylic acids is 1. The molecule has 6 heteroatoms. The van der Waals surface area contributed by atoms with E-state index in [0.717, 1.165) is 10.0 Å². The van der Waals surface area contributed by atoms with Crippen LogP contribution in [0, 0.1) is 12.7 Å². The Bertz CT molecular complexity index is 671. The maximum atomic E-state index is 13.4. The maximum Gasteiger partial charge on any atom is 0.258 e. The van der Waals surface area contributed by atoms with Crippen molar-refractivity contribution in [2.75, 3.05) is 6.61 Å². The molecule has 2 aromatic carbocycles. The first-order valence-electron chi connectivity index (χ1n) is 6.56. The second-order valence-corrected chi connectivity index (χ2v) is 6.01. The molecular weight excluding hydrogens is 373 g/mol. The molecule has 0 heterocycles. The molecule has 0 aliphatic rings. The minimum absolute atomic E-state index is 0.113. The lowest BCUT2D eigenvalue weighted by Crippen LogP contribution is -2.28. The normalized spacial score (nSPS) is 10.4. The van der Waals surface area contributed by atoms with Crippen LogP contribution in [0.5, 0.6) is 5.75 Å². The summed E-state index contributed by atoms with van der Waals surface area (Å²) in [6.45, 7) is 1.77. The molecule has 116 valence electrons. The molecule has 0 fully saturated rings. The first-order valence-corrected chi connectivity index (χ1v) is 7.73. The van der Waals surface area contributed by atoms with Gasteiger partial charge in [-0.15, -0.1) is 0 Å². The van der Waals surface area contributed by atoms with Crippen LogP contribution in [0.15, 0.2) is 40.9 Å². The number of amides is 1. The van der Waals surface area contributed by atoms with Gasteiger partial charge in [0.05, 0.1) is 5.02 Å². The van der Waals surface area contributed by atoms with Gasteiger partial charge in [-0.05, 0) is 30.7 Å². The summed E-state index contributed by atoms with van der Waals surface area (Å²) >= 11 is 9.41. The Balaban J connectivity index is 1.90. The maximum absolute atomic E-state index is 13.4. The van der Waals surface area contributed by atoms with Crippen molar-refractivity contribution in [1.82, 2.24) is 5.32 Å². The fraction of sp³-hybridized carbons (Fsp3) is 0.188. The molecule has 2 aromatic rings. The van der Waals surface area contributed by atoms with Crippen molar-refractivity contribution in [3.05, 3.63) is 62.8 Å². The Hall–Kier alpha value is -1.59. The largest absolute Gasteiger partial charge is 0.482 e. The third-order valence-corrected chi connectivity index (χ3v) is 3.71. The Kier molecular flexibility index (Phi) is 5.80. The second kappa shape index (κ2) is 7.61. The van der Waals surface area contributed by atoms with Crippen molar-refractivity contribution in [3.63, 3.8) is 0 Å². The standard InChI is InChI=1S/C16H14BrClFNO2/c1-10-6-12(17)7-13(18)16(10)22-9-15(21)20-8-11-4-2-3-5-14(11)19/h2-7H,8-9H2,1H3,(H,20,21). The molecular formula is C16H14BrClFNO2. The van der Waals surface area contributed by atoms with E-state index in [9.17, 15) is 9.18 Å². The first kappa shape index (κ1) is 16.8. The van der Waals surface area contributed by atoms with Gasteiger partial charge in [-0.1, -0.05) is 45.7 Å². The van der Waals surface area contributed by atoms with E-state index < -0.39 is 0 Å². The van der Waals surface area contributed by atoms with Crippen molar-refractivity contribution < 1.29 is 13.9 Å². The van der Waals surface area contributed by atoms with E-state index in [1.54, 1.807) is 24.3 Å². The van der Waals surface area contributed by atoms with Crippen LogP contribution in [0.3, 0.4) is 0 Å². The summed E-state index contributed by atoms with van der Waals surface area (Å²) in [5, 5.41) is 3.03. The third kappa shape index (κ3) is 4.45. The summed E-state index contributed by atoms with van der Waals surface area (Å²) in [4.78, 5) is 11.8. The molecule has 0 atom stereocenters. The highest BCUT2D eigenvalue weighted by molar-refractivity contribution is 9.10. The van der Waals surface area contributed by atoms with E-state index in [2.05, 4.69) is 21.2 Å². The van der Waals surface area contributed by atoms with Crippen molar-refractivity contribution >= 4 is 33.4 Å². The third-order valence-electron chi connectivity index (χ3n) is 2.98. The van der Waals surface area contributed by atoms with E-state index >= 15 is 0 Å². The molecule has 0 aliphatic carbocycles. The molecule has 3 nitrogen and oxygen atoms in total. The summed E-state index contributed by atoms with van der Waals surface area (Å²) in [5.41, 5.74) is 1.25. The van der Waals surface area contributed by atoms with Crippen LogP contribution in [0.25, 0.3) is 0 Å². The zero-order valence-corrected chi connectivity index (χ0v) is 14.2. The Morgan fingerprint density at radius 3 is 2.77 bits per heavy atom. The summed E-state index contributed by atoms with van der Waals surface area (Å²) in [6, 6.07) is 9.82. The molecule has 0 saturated carbocycles. The summed E-state index contributed by atoms with van der Waals surface area (Å²) in [6.07, 6.45) is 0. The van der Waals surface area contributed by atoms with Gasteiger partial charge in [-0.2, -0.15) is 0 Å². The first-order chi connectivity index (χ1) is 10.5. The fourth-order valence-corrected chi connectivity index (χ4v) is 2.92. The topological polar surface area (TPSA) is 38.3 Å². The Morgan fingerprint density at radius 1 is 1.36 bits per heavy atom. The van der Waals surface area contributed by atoms with Crippen LogP contribution in [-0.4, -0.2) is 12.5 Å². The smallest absolute Gasteiger partial charge is 0.258 e. The highest BCUT2D eigenvalue weighted by Crippen LogP contribution is 2.31. The number of ether oxygens (including phenoxy) is 1. The van der Waals surface area contributed by atoms with Gasteiger partial charge in [0.25, 0.3) is 5.91 Å². The van der Waals surface area contributed by atoms with Crippen LogP contribution in [-0.2, 0) is 11.3 Å². The molecule has 1 N–H and O–H groups in total. The second-order valence-electron chi connectivity index (χ2n) is 4.69. The lowest BCUT2D eigenvalue weighted by atomic mass is 10.2. The quantitative estimate of drug-likeness (QED) is 0.834. The summed E-state index contributed by atoms with van der Waals surface area (Å²) in [5.74, 6) is -0.233. The monoisotopic (exact) mass is 385 g/mol. The highest BCUT2D eigenvalue weighted by Gasteiger charge is 2.10. The predicted molar refractivity (Wildman–Crippen MR) is 87.6 cm³/mol. The summed E-state index contributed by atoms with van der Waals surface area (Å²) < 4.78 is 19.7.